The summed E-state index contributed by atoms with van der Waals surface area (Å²) in [5, 5.41) is 26.5. The molecule has 4 fully saturated rings. The molecule has 0 saturated heterocycles. The van der Waals surface area contributed by atoms with Crippen molar-refractivity contribution >= 4 is 5.84 Å². The van der Waals surface area contributed by atoms with Crippen molar-refractivity contribution < 1.29 is 10.2 Å². The minimum absolute atomic E-state index is 0.166. The molecule has 1 aliphatic heterocycles. The summed E-state index contributed by atoms with van der Waals surface area (Å²) in [6, 6.07) is 0. The van der Waals surface area contributed by atoms with Crippen molar-refractivity contribution in [1.82, 2.24) is 16.5 Å². The van der Waals surface area contributed by atoms with Crippen LogP contribution < -0.4 is 16.5 Å². The average Bonchev–Trinajstić information content (AvgIpc) is 3.41. The topological polar surface area (TPSA) is 88.9 Å². The van der Waals surface area contributed by atoms with Gasteiger partial charge >= 0.3 is 0 Å². The number of nitrogens with zero attached hydrogens (tertiary/aromatic N) is 1. The quantitative estimate of drug-likeness (QED) is 0.441. The lowest BCUT2D eigenvalue weighted by atomic mass is 9.41. The van der Waals surface area contributed by atoms with Crippen molar-refractivity contribution in [2.24, 2.45) is 57.4 Å². The first-order valence-corrected chi connectivity index (χ1v) is 13.5. The molecule has 5 N–H and O–H groups in total. The first-order valence-electron chi connectivity index (χ1n) is 13.5. The number of hydrazine groups is 2. The lowest BCUT2D eigenvalue weighted by molar-refractivity contribution is -0.203. The number of hydrogen-bond acceptors (Lipinski definition) is 6. The number of nitrogens with one attached hydrogen (secondary N) is 3. The minimum atomic E-state index is -0.193. The van der Waals surface area contributed by atoms with E-state index in [1.807, 2.05) is 0 Å². The highest BCUT2D eigenvalue weighted by Crippen LogP contribution is 2.69. The maximum Gasteiger partial charge on any atom is 0.139 e. The Bertz CT molecular complexity index is 731. The van der Waals surface area contributed by atoms with Crippen LogP contribution in [0.15, 0.2) is 5.10 Å². The number of hydrogen-bond donors (Lipinski definition) is 5. The third-order valence-electron chi connectivity index (χ3n) is 11.4. The molecule has 5 rings (SSSR count). The third-order valence-corrected chi connectivity index (χ3v) is 11.4. The Labute approximate surface area is 194 Å². The van der Waals surface area contributed by atoms with Gasteiger partial charge in [-0.1, -0.05) is 34.1 Å². The molecule has 182 valence electrons. The fraction of sp³-hybridized carbons (Fsp3) is 0.962. The maximum atomic E-state index is 11.8. The van der Waals surface area contributed by atoms with Gasteiger partial charge < -0.3 is 10.2 Å². The van der Waals surface area contributed by atoms with E-state index >= 15 is 0 Å². The summed E-state index contributed by atoms with van der Waals surface area (Å²) in [5.74, 6) is 4.96. The number of aliphatic hydroxyl groups is 2. The zero-order chi connectivity index (χ0) is 22.7. The van der Waals surface area contributed by atoms with Gasteiger partial charge in [0.05, 0.1) is 12.2 Å². The minimum Gasteiger partial charge on any atom is -0.393 e. The molecule has 6 heteroatoms. The normalized spacial score (nSPS) is 51.0. The second-order valence-corrected chi connectivity index (χ2v) is 12.6. The van der Waals surface area contributed by atoms with Gasteiger partial charge in [0, 0.05) is 6.42 Å². The summed E-state index contributed by atoms with van der Waals surface area (Å²) in [6.07, 6.45) is 11.0. The number of hydrazone groups is 1. The van der Waals surface area contributed by atoms with Gasteiger partial charge in [0.2, 0.25) is 0 Å². The molecule has 0 aromatic rings. The van der Waals surface area contributed by atoms with Gasteiger partial charge in [-0.05, 0) is 104 Å². The highest BCUT2D eigenvalue weighted by atomic mass is 16.3. The molecule has 0 bridgehead atoms. The molecule has 0 spiro atoms. The third kappa shape index (κ3) is 3.42. The summed E-state index contributed by atoms with van der Waals surface area (Å²) in [5.41, 5.74) is 9.36. The van der Waals surface area contributed by atoms with Gasteiger partial charge in [-0.25, -0.2) is 5.53 Å². The first kappa shape index (κ1) is 22.9. The molecule has 32 heavy (non-hydrogen) atoms. The number of amidine groups is 1. The van der Waals surface area contributed by atoms with Gasteiger partial charge in [0.15, 0.2) is 0 Å². The van der Waals surface area contributed by atoms with Gasteiger partial charge in [0.25, 0.3) is 0 Å². The Morgan fingerprint density at radius 2 is 1.78 bits per heavy atom. The number of rotatable bonds is 5. The van der Waals surface area contributed by atoms with Crippen molar-refractivity contribution in [3.05, 3.63) is 0 Å². The number of aliphatic hydroxyl groups excluding tert-OH is 2. The van der Waals surface area contributed by atoms with Crippen molar-refractivity contribution in [2.45, 2.75) is 104 Å². The van der Waals surface area contributed by atoms with Crippen molar-refractivity contribution in [3.63, 3.8) is 0 Å². The van der Waals surface area contributed by atoms with E-state index in [0.717, 1.165) is 50.3 Å². The van der Waals surface area contributed by atoms with E-state index in [1.54, 1.807) is 0 Å². The molecule has 0 aromatic heterocycles. The predicted molar refractivity (Wildman–Crippen MR) is 127 cm³/mol. The number of fused-ring (bicyclic) bond motifs is 5. The fourth-order valence-electron chi connectivity index (χ4n) is 9.84. The van der Waals surface area contributed by atoms with Gasteiger partial charge in [0.1, 0.15) is 5.84 Å². The summed E-state index contributed by atoms with van der Waals surface area (Å²) in [6.45, 7) is 9.82. The van der Waals surface area contributed by atoms with Crippen LogP contribution in [-0.2, 0) is 0 Å². The summed E-state index contributed by atoms with van der Waals surface area (Å²) >= 11 is 0. The van der Waals surface area contributed by atoms with Crippen LogP contribution in [0.1, 0.15) is 91.9 Å². The molecule has 4 saturated carbocycles. The Morgan fingerprint density at radius 3 is 2.50 bits per heavy atom. The van der Waals surface area contributed by atoms with E-state index in [4.69, 9.17) is 0 Å². The van der Waals surface area contributed by atoms with Gasteiger partial charge in [-0.3, -0.25) is 5.43 Å². The molecule has 11 atom stereocenters. The summed E-state index contributed by atoms with van der Waals surface area (Å²) < 4.78 is 0. The smallest absolute Gasteiger partial charge is 0.139 e. The SMILES string of the molecule is CC[C@@H]1C2C[C@H](O)CC[C@@]2(C)[C@H]2CC[C@]3(C)[C@@H]([C@H](C)CCC4=NNNN4)CC[C@H]3C2[C@@H]1O. The van der Waals surface area contributed by atoms with Crippen LogP contribution in [0, 0.1) is 52.3 Å². The molecule has 5 aliphatic rings. The standard InChI is InChI=1S/C26H46N4O2/c1-5-17-21-14-16(31)10-12-26(21,4)20-11-13-25(3)18(7-8-19(25)23(20)24(17)32)15(2)6-9-22-27-29-30-28-22/h15-21,23-24,29-32H,5-14H2,1-4H3,(H,27,28)/t15-,16-,17-,18-,19+,20+,21?,23?,24-,25-,26+/m1/s1. The molecular formula is C26H46N4O2. The highest BCUT2D eigenvalue weighted by molar-refractivity contribution is 5.82. The molecule has 1 heterocycles. The zero-order valence-corrected chi connectivity index (χ0v) is 20.6. The van der Waals surface area contributed by atoms with Crippen LogP contribution in [0.25, 0.3) is 0 Å². The van der Waals surface area contributed by atoms with Crippen LogP contribution in [0.3, 0.4) is 0 Å². The Morgan fingerprint density at radius 1 is 1.03 bits per heavy atom. The molecule has 0 radical (unpaired) electrons. The van der Waals surface area contributed by atoms with Gasteiger partial charge in [-0.15, -0.1) is 10.6 Å². The first-order chi connectivity index (χ1) is 15.3. The highest BCUT2D eigenvalue weighted by Gasteiger charge is 2.64. The maximum absolute atomic E-state index is 11.8. The molecule has 6 nitrogen and oxygen atoms in total. The lowest BCUT2D eigenvalue weighted by Gasteiger charge is -2.64. The Kier molecular flexibility index (Phi) is 6.03. The predicted octanol–water partition coefficient (Wildman–Crippen LogP) is 3.96. The Balaban J connectivity index is 1.37. The van der Waals surface area contributed by atoms with E-state index in [-0.39, 0.29) is 12.2 Å². The molecule has 0 aromatic carbocycles. The zero-order valence-electron chi connectivity index (χ0n) is 20.6. The average molecular weight is 447 g/mol. The van der Waals surface area contributed by atoms with Crippen LogP contribution in [0.2, 0.25) is 0 Å². The molecular weight excluding hydrogens is 400 g/mol. The molecule has 2 unspecified atom stereocenters. The fourth-order valence-corrected chi connectivity index (χ4v) is 9.84. The van der Waals surface area contributed by atoms with E-state index in [2.05, 4.69) is 49.3 Å². The second-order valence-electron chi connectivity index (χ2n) is 12.6. The summed E-state index contributed by atoms with van der Waals surface area (Å²) in [7, 11) is 0. The monoisotopic (exact) mass is 446 g/mol. The second kappa shape index (κ2) is 8.42. The molecule has 4 aliphatic carbocycles. The summed E-state index contributed by atoms with van der Waals surface area (Å²) in [4.78, 5) is 0. The largest absolute Gasteiger partial charge is 0.393 e. The van der Waals surface area contributed by atoms with E-state index in [9.17, 15) is 10.2 Å². The Hall–Kier alpha value is -0.850. The van der Waals surface area contributed by atoms with E-state index in [0.29, 0.717) is 46.3 Å². The van der Waals surface area contributed by atoms with Gasteiger partial charge in [-0.2, -0.15) is 0 Å². The van der Waals surface area contributed by atoms with Crippen LogP contribution in [0.5, 0.6) is 0 Å². The van der Waals surface area contributed by atoms with Crippen molar-refractivity contribution in [3.8, 4) is 0 Å². The lowest BCUT2D eigenvalue weighted by Crippen LogP contribution is -2.62. The van der Waals surface area contributed by atoms with Crippen LogP contribution in [0.4, 0.5) is 0 Å². The molecule has 0 amide bonds. The van der Waals surface area contributed by atoms with E-state index in [1.165, 1.54) is 25.7 Å². The van der Waals surface area contributed by atoms with Crippen molar-refractivity contribution in [2.75, 3.05) is 0 Å². The van der Waals surface area contributed by atoms with E-state index < -0.39 is 0 Å². The van der Waals surface area contributed by atoms with Crippen LogP contribution in [-0.4, -0.2) is 28.3 Å². The van der Waals surface area contributed by atoms with Crippen LogP contribution >= 0.6 is 0 Å². The van der Waals surface area contributed by atoms with Crippen molar-refractivity contribution in [1.29, 1.82) is 0 Å².